The molecular weight excluding hydrogens is 437 g/mol. The van der Waals surface area contributed by atoms with Crippen molar-refractivity contribution in [3.05, 3.63) is 38.3 Å². The fraction of sp³-hybridized carbons (Fsp3) is 0.529. The number of aryl methyl sites for hydroxylation is 2. The maximum Gasteiger partial charge on any atom is 0.259 e. The van der Waals surface area contributed by atoms with E-state index in [4.69, 9.17) is 10.3 Å². The Labute approximate surface area is 184 Å². The van der Waals surface area contributed by atoms with Crippen LogP contribution in [0.3, 0.4) is 0 Å². The van der Waals surface area contributed by atoms with Crippen LogP contribution in [0, 0.1) is 13.8 Å². The van der Waals surface area contributed by atoms with Gasteiger partial charge in [-0.1, -0.05) is 5.16 Å². The van der Waals surface area contributed by atoms with E-state index >= 15 is 0 Å². The zero-order valence-corrected chi connectivity index (χ0v) is 18.8. The Morgan fingerprint density at radius 3 is 2.38 bits per heavy atom. The van der Waals surface area contributed by atoms with Crippen LogP contribution in [0.4, 0.5) is 0 Å². The van der Waals surface area contributed by atoms with Crippen LogP contribution in [-0.4, -0.2) is 56.1 Å². The van der Waals surface area contributed by atoms with Crippen molar-refractivity contribution in [3.63, 3.8) is 0 Å². The third kappa shape index (κ3) is 5.14. The van der Waals surface area contributed by atoms with Crippen molar-refractivity contribution in [2.75, 3.05) is 26.2 Å². The summed E-state index contributed by atoms with van der Waals surface area (Å²) in [7, 11) is 0. The summed E-state index contributed by atoms with van der Waals surface area (Å²) in [5.41, 5.74) is 6.49. The quantitative estimate of drug-likeness (QED) is 0.587. The Balaban J connectivity index is 0.00000150. The normalized spacial score (nSPS) is 15.3. The van der Waals surface area contributed by atoms with Crippen LogP contribution < -0.4 is 11.3 Å². The van der Waals surface area contributed by atoms with Crippen LogP contribution in [0.25, 0.3) is 10.2 Å². The molecule has 0 saturated carbocycles. The minimum atomic E-state index is -0.0386. The van der Waals surface area contributed by atoms with Gasteiger partial charge in [-0.25, -0.2) is 4.98 Å². The van der Waals surface area contributed by atoms with Gasteiger partial charge in [-0.3, -0.25) is 14.6 Å². The number of hydrogen-bond acceptors (Lipinski definition) is 9. The molecule has 4 rings (SSSR count). The molecular formula is C17H25Cl2N7O2S. The lowest BCUT2D eigenvalue weighted by Gasteiger charge is -2.33. The predicted molar refractivity (Wildman–Crippen MR) is 117 cm³/mol. The van der Waals surface area contributed by atoms with Crippen molar-refractivity contribution in [2.45, 2.75) is 33.5 Å². The largest absolute Gasteiger partial charge is 0.338 e. The van der Waals surface area contributed by atoms with Crippen molar-refractivity contribution in [1.82, 2.24) is 29.9 Å². The molecule has 0 amide bonds. The minimum absolute atomic E-state index is 0. The molecule has 0 atom stereocenters. The molecule has 1 saturated heterocycles. The number of nitrogens with two attached hydrogens (primary N) is 1. The Morgan fingerprint density at radius 1 is 1.10 bits per heavy atom. The van der Waals surface area contributed by atoms with Gasteiger partial charge in [0.25, 0.3) is 5.56 Å². The summed E-state index contributed by atoms with van der Waals surface area (Å²) in [6.45, 7) is 9.16. The van der Waals surface area contributed by atoms with Crippen molar-refractivity contribution < 1.29 is 4.52 Å². The lowest BCUT2D eigenvalue weighted by Crippen LogP contribution is -2.45. The number of fused-ring (bicyclic) bond motifs is 1. The van der Waals surface area contributed by atoms with Gasteiger partial charge >= 0.3 is 0 Å². The van der Waals surface area contributed by atoms with Crippen LogP contribution >= 0.6 is 36.2 Å². The minimum Gasteiger partial charge on any atom is -0.338 e. The van der Waals surface area contributed by atoms with Gasteiger partial charge in [-0.05, 0) is 19.4 Å². The summed E-state index contributed by atoms with van der Waals surface area (Å²) in [6, 6.07) is 0. The van der Waals surface area contributed by atoms with E-state index in [1.54, 1.807) is 11.3 Å². The smallest absolute Gasteiger partial charge is 0.259 e. The lowest BCUT2D eigenvalue weighted by atomic mass is 10.2. The molecule has 3 N–H and O–H groups in total. The first-order chi connectivity index (χ1) is 13.0. The van der Waals surface area contributed by atoms with E-state index in [1.807, 2.05) is 13.8 Å². The molecule has 0 aromatic carbocycles. The summed E-state index contributed by atoms with van der Waals surface area (Å²) in [4.78, 5) is 30.8. The molecule has 0 unspecified atom stereocenters. The number of thiophene rings is 1. The molecule has 3 aromatic heterocycles. The highest BCUT2D eigenvalue weighted by molar-refractivity contribution is 7.18. The fourth-order valence-corrected chi connectivity index (χ4v) is 4.38. The van der Waals surface area contributed by atoms with E-state index in [9.17, 15) is 4.79 Å². The van der Waals surface area contributed by atoms with Crippen molar-refractivity contribution >= 4 is 46.4 Å². The molecule has 12 heteroatoms. The summed E-state index contributed by atoms with van der Waals surface area (Å²) in [6.07, 6.45) is 0. The first kappa shape index (κ1) is 23.7. The van der Waals surface area contributed by atoms with Gasteiger partial charge in [0.05, 0.1) is 25.0 Å². The van der Waals surface area contributed by atoms with E-state index in [-0.39, 0.29) is 36.9 Å². The summed E-state index contributed by atoms with van der Waals surface area (Å²) in [5, 5.41) is 4.67. The number of aromatic amines is 1. The molecule has 9 nitrogen and oxygen atoms in total. The monoisotopic (exact) mass is 461 g/mol. The molecule has 0 aliphatic carbocycles. The van der Waals surface area contributed by atoms with Crippen molar-refractivity contribution in [2.24, 2.45) is 5.73 Å². The van der Waals surface area contributed by atoms with Gasteiger partial charge < -0.3 is 15.2 Å². The topological polar surface area (TPSA) is 117 Å². The number of halogens is 2. The van der Waals surface area contributed by atoms with Gasteiger partial charge in [0.15, 0.2) is 5.82 Å². The summed E-state index contributed by atoms with van der Waals surface area (Å²) < 4.78 is 5.05. The summed E-state index contributed by atoms with van der Waals surface area (Å²) in [5.74, 6) is 1.87. The standard InChI is InChI=1S/C17H23N7O2S.2ClH/c1-10-11(2)27-17-15(10)16(25)20-12(21-17)8-23-3-5-24(6-4-23)9-13-19-14(7-18)26-22-13;;/h3-9,18H2,1-2H3,(H,20,21,25);2*1H. The molecule has 160 valence electrons. The van der Waals surface area contributed by atoms with E-state index < -0.39 is 0 Å². The van der Waals surface area contributed by atoms with Gasteiger partial charge in [0.2, 0.25) is 5.89 Å². The Hall–Kier alpha value is -1.56. The zero-order chi connectivity index (χ0) is 19.0. The number of rotatable bonds is 5. The first-order valence-electron chi connectivity index (χ1n) is 8.98. The van der Waals surface area contributed by atoms with Crippen LogP contribution in [0.1, 0.15) is 28.0 Å². The molecule has 0 spiro atoms. The van der Waals surface area contributed by atoms with Gasteiger partial charge in [-0.2, -0.15) is 4.98 Å². The Morgan fingerprint density at radius 2 is 1.76 bits per heavy atom. The fourth-order valence-electron chi connectivity index (χ4n) is 3.33. The SMILES string of the molecule is Cc1sc2nc(CN3CCN(Cc4noc(CN)n4)CC3)[nH]c(=O)c2c1C.Cl.Cl. The molecule has 1 aliphatic heterocycles. The van der Waals surface area contributed by atoms with Gasteiger partial charge in [0.1, 0.15) is 10.7 Å². The molecule has 29 heavy (non-hydrogen) atoms. The van der Waals surface area contributed by atoms with Gasteiger partial charge in [0, 0.05) is 31.1 Å². The second-order valence-corrected chi connectivity index (χ2v) is 8.04. The van der Waals surface area contributed by atoms with Crippen molar-refractivity contribution in [1.29, 1.82) is 0 Å². The Kier molecular flexibility index (Phi) is 8.15. The second kappa shape index (κ2) is 9.96. The van der Waals surface area contributed by atoms with Crippen LogP contribution in [0.5, 0.6) is 0 Å². The van der Waals surface area contributed by atoms with Crippen LogP contribution in [0.15, 0.2) is 9.32 Å². The third-order valence-electron chi connectivity index (χ3n) is 4.98. The number of nitrogens with one attached hydrogen (secondary N) is 1. The maximum absolute atomic E-state index is 12.4. The molecule has 0 radical (unpaired) electrons. The molecule has 4 heterocycles. The number of nitrogens with zero attached hydrogens (tertiary/aromatic N) is 5. The van der Waals surface area contributed by atoms with E-state index in [0.29, 0.717) is 24.8 Å². The highest BCUT2D eigenvalue weighted by atomic mass is 35.5. The number of hydrogen-bond donors (Lipinski definition) is 2. The van der Waals surface area contributed by atoms with Crippen LogP contribution in [-0.2, 0) is 19.6 Å². The van der Waals surface area contributed by atoms with Crippen LogP contribution in [0.2, 0.25) is 0 Å². The Bertz CT molecular complexity index is 1010. The van der Waals surface area contributed by atoms with E-state index in [2.05, 4.69) is 29.9 Å². The van der Waals surface area contributed by atoms with Gasteiger partial charge in [-0.15, -0.1) is 36.2 Å². The predicted octanol–water partition coefficient (Wildman–Crippen LogP) is 1.60. The average Bonchev–Trinajstić information content (AvgIpc) is 3.21. The number of piperazine rings is 1. The molecule has 1 fully saturated rings. The zero-order valence-electron chi connectivity index (χ0n) is 16.3. The second-order valence-electron chi connectivity index (χ2n) is 6.84. The third-order valence-corrected chi connectivity index (χ3v) is 6.08. The van der Waals surface area contributed by atoms with E-state index in [1.165, 1.54) is 0 Å². The lowest BCUT2D eigenvalue weighted by molar-refractivity contribution is 0.117. The molecule has 1 aliphatic rings. The number of H-pyrrole nitrogens is 1. The first-order valence-corrected chi connectivity index (χ1v) is 9.80. The highest BCUT2D eigenvalue weighted by Crippen LogP contribution is 2.25. The molecule has 0 bridgehead atoms. The molecule has 3 aromatic rings. The van der Waals surface area contributed by atoms with Crippen molar-refractivity contribution in [3.8, 4) is 0 Å². The summed E-state index contributed by atoms with van der Waals surface area (Å²) >= 11 is 1.59. The average molecular weight is 462 g/mol. The highest BCUT2D eigenvalue weighted by Gasteiger charge is 2.20. The van der Waals surface area contributed by atoms with E-state index in [0.717, 1.165) is 52.7 Å². The maximum atomic E-state index is 12.4. The number of aromatic nitrogens is 4.